The van der Waals surface area contributed by atoms with Gasteiger partial charge in [-0.05, 0) is 24.8 Å². The van der Waals surface area contributed by atoms with E-state index in [0.29, 0.717) is 17.8 Å². The van der Waals surface area contributed by atoms with E-state index < -0.39 is 6.09 Å². The van der Waals surface area contributed by atoms with Crippen LogP contribution in [0, 0.1) is 5.92 Å². The van der Waals surface area contributed by atoms with E-state index in [9.17, 15) is 9.59 Å². The topological polar surface area (TPSA) is 46.6 Å². The number of hydrogen-bond donors (Lipinski definition) is 0. The summed E-state index contributed by atoms with van der Waals surface area (Å²) in [5, 5.41) is 0. The number of rotatable bonds is 3. The second-order valence-corrected chi connectivity index (χ2v) is 7.85. The largest absolute Gasteiger partial charge is 0.447 e. The molecule has 2 fully saturated rings. The number of carbonyl (C=O) groups is 2. The Morgan fingerprint density at radius 3 is 2.68 bits per heavy atom. The normalized spacial score (nSPS) is 28.0. The molecule has 3 atom stereocenters. The number of ether oxygens (including phenoxy) is 1. The van der Waals surface area contributed by atoms with Crippen molar-refractivity contribution in [2.24, 2.45) is 5.92 Å². The number of amides is 2. The number of carbonyl (C=O) groups excluding carboxylic acids is 2. The molecule has 1 saturated carbocycles. The van der Waals surface area contributed by atoms with Crippen LogP contribution in [0.4, 0.5) is 4.79 Å². The molecule has 0 aromatic heterocycles. The van der Waals surface area contributed by atoms with E-state index in [1.807, 2.05) is 30.3 Å². The van der Waals surface area contributed by atoms with Gasteiger partial charge in [0.2, 0.25) is 22.2 Å². The first-order valence-corrected chi connectivity index (χ1v) is 8.92. The van der Waals surface area contributed by atoms with Crippen LogP contribution in [0.1, 0.15) is 18.4 Å². The van der Waals surface area contributed by atoms with E-state index in [1.165, 1.54) is 4.90 Å². The SMILES string of the molecule is C=C1C[C@H](C(=O)N2C(=O)OC[C@@H]2Cc2ccccc2)[C@@H]([AlH2])C1. The maximum absolute atomic E-state index is 12.8. The molecule has 1 aromatic carbocycles. The summed E-state index contributed by atoms with van der Waals surface area (Å²) in [7, 11) is 0. The molecule has 1 aliphatic heterocycles. The zero-order chi connectivity index (χ0) is 15.7. The minimum Gasteiger partial charge on any atom is -0.447 e. The predicted molar refractivity (Wildman–Crippen MR) is 86.3 cm³/mol. The summed E-state index contributed by atoms with van der Waals surface area (Å²) in [5.74, 6) is -0.148. The number of benzene rings is 1. The molecule has 0 spiro atoms. The zero-order valence-corrected chi connectivity index (χ0v) is 14.8. The summed E-state index contributed by atoms with van der Waals surface area (Å²) >= 11 is 0.947. The first-order valence-electron chi connectivity index (χ1n) is 7.76. The average molecular weight is 313 g/mol. The lowest BCUT2D eigenvalue weighted by molar-refractivity contribution is -0.133. The lowest BCUT2D eigenvalue weighted by atomic mass is 10.0. The Hall–Kier alpha value is -1.57. The Balaban J connectivity index is 1.76. The third-order valence-electron chi connectivity index (χ3n) is 4.64. The van der Waals surface area contributed by atoms with E-state index in [-0.39, 0.29) is 17.9 Å². The van der Waals surface area contributed by atoms with Gasteiger partial charge >= 0.3 is 6.09 Å². The fourth-order valence-corrected chi connectivity index (χ4v) is 4.57. The van der Waals surface area contributed by atoms with E-state index in [0.717, 1.165) is 40.3 Å². The number of nitrogens with zero attached hydrogens (tertiary/aromatic N) is 1. The van der Waals surface area contributed by atoms with Crippen molar-refractivity contribution in [3.63, 3.8) is 0 Å². The molecule has 0 unspecified atom stereocenters. The summed E-state index contributed by atoms with van der Waals surface area (Å²) < 4.78 is 5.53. The van der Waals surface area contributed by atoms with Gasteiger partial charge < -0.3 is 4.74 Å². The van der Waals surface area contributed by atoms with Gasteiger partial charge in [-0.15, -0.1) is 0 Å². The van der Waals surface area contributed by atoms with Gasteiger partial charge in [0.15, 0.2) is 0 Å². The highest BCUT2D eigenvalue weighted by Gasteiger charge is 2.43. The molecule has 5 heteroatoms. The molecule has 1 saturated heterocycles. The molecule has 2 aliphatic rings. The molecular formula is C17H20AlNO3. The molecule has 4 nitrogen and oxygen atoms in total. The lowest BCUT2D eigenvalue weighted by Crippen LogP contribution is -2.43. The first kappa shape index (κ1) is 15.3. The summed E-state index contributed by atoms with van der Waals surface area (Å²) in [4.78, 5) is 26.2. The fourth-order valence-electron chi connectivity index (χ4n) is 3.47. The van der Waals surface area contributed by atoms with Crippen LogP contribution in [0.2, 0.25) is 4.78 Å². The Labute approximate surface area is 138 Å². The standard InChI is InChI=1S/C17H18NO3.Al.2H/c1-12-7-8-14(9-12)16(19)18-15(11-21-17(18)20)10-13-5-3-2-4-6-13;;;/h2-6,8,14-15H,1,7,9-11H2;;;/t14-,15+;;;/m1.../s1. The fraction of sp³-hybridized carbons (Fsp3) is 0.412. The van der Waals surface area contributed by atoms with Gasteiger partial charge in [0.1, 0.15) is 6.61 Å². The molecule has 0 bridgehead atoms. The van der Waals surface area contributed by atoms with Crippen LogP contribution in [-0.2, 0) is 16.0 Å². The van der Waals surface area contributed by atoms with E-state index in [2.05, 4.69) is 6.58 Å². The quantitative estimate of drug-likeness (QED) is 0.633. The van der Waals surface area contributed by atoms with Crippen molar-refractivity contribution in [3.05, 3.63) is 48.0 Å². The third kappa shape index (κ3) is 2.97. The zero-order valence-electron chi connectivity index (χ0n) is 12.8. The van der Waals surface area contributed by atoms with Gasteiger partial charge in [0.05, 0.1) is 6.04 Å². The Bertz CT molecular complexity index is 601. The van der Waals surface area contributed by atoms with E-state index in [1.54, 1.807) is 0 Å². The van der Waals surface area contributed by atoms with Crippen LogP contribution >= 0.6 is 0 Å². The number of allylic oxidation sites excluding steroid dienone is 1. The minimum atomic E-state index is -0.489. The van der Waals surface area contributed by atoms with Crippen LogP contribution in [0.3, 0.4) is 0 Å². The maximum atomic E-state index is 12.8. The number of imide groups is 1. The van der Waals surface area contributed by atoms with Crippen molar-refractivity contribution in [1.82, 2.24) is 4.90 Å². The third-order valence-corrected chi connectivity index (χ3v) is 5.85. The second kappa shape index (κ2) is 6.28. The predicted octanol–water partition coefficient (Wildman–Crippen LogP) is 1.96. The van der Waals surface area contributed by atoms with E-state index >= 15 is 0 Å². The average Bonchev–Trinajstić information content (AvgIpc) is 3.02. The Morgan fingerprint density at radius 2 is 2.05 bits per heavy atom. The lowest BCUT2D eigenvalue weighted by Gasteiger charge is -2.24. The van der Waals surface area contributed by atoms with Crippen LogP contribution < -0.4 is 0 Å². The van der Waals surface area contributed by atoms with E-state index in [4.69, 9.17) is 4.74 Å². The highest BCUT2D eigenvalue weighted by Crippen LogP contribution is 2.39. The van der Waals surface area contributed by atoms with Crippen molar-refractivity contribution in [1.29, 1.82) is 0 Å². The van der Waals surface area contributed by atoms with Crippen LogP contribution in [0.15, 0.2) is 42.5 Å². The van der Waals surface area contributed by atoms with Gasteiger partial charge in [-0.3, -0.25) is 4.79 Å². The summed E-state index contributed by atoms with van der Waals surface area (Å²) in [5.41, 5.74) is 2.24. The molecule has 1 heterocycles. The van der Waals surface area contributed by atoms with Crippen molar-refractivity contribution >= 4 is 28.3 Å². The van der Waals surface area contributed by atoms with Crippen LogP contribution in [0.5, 0.6) is 0 Å². The molecule has 0 radical (unpaired) electrons. The van der Waals surface area contributed by atoms with Crippen molar-refractivity contribution in [2.75, 3.05) is 6.61 Å². The molecule has 3 rings (SSSR count). The molecule has 1 aliphatic carbocycles. The molecule has 0 N–H and O–H groups in total. The molecule has 22 heavy (non-hydrogen) atoms. The number of hydrogen-bond acceptors (Lipinski definition) is 3. The minimum absolute atomic E-state index is 0.0675. The molecule has 114 valence electrons. The summed E-state index contributed by atoms with van der Waals surface area (Å²) in [6, 6.07) is 9.72. The first-order chi connectivity index (χ1) is 10.6. The van der Waals surface area contributed by atoms with Gasteiger partial charge in [0, 0.05) is 5.92 Å². The smallest absolute Gasteiger partial charge is 0.416 e. The molecule has 2 amide bonds. The van der Waals surface area contributed by atoms with Crippen molar-refractivity contribution < 1.29 is 14.3 Å². The maximum Gasteiger partial charge on any atom is 0.416 e. The van der Waals surface area contributed by atoms with Crippen molar-refractivity contribution in [3.8, 4) is 0 Å². The Morgan fingerprint density at radius 1 is 1.32 bits per heavy atom. The van der Waals surface area contributed by atoms with Crippen LogP contribution in [-0.4, -0.2) is 45.8 Å². The van der Waals surface area contributed by atoms with Gasteiger partial charge in [-0.2, -0.15) is 0 Å². The summed E-state index contributed by atoms with van der Waals surface area (Å²) in [6.07, 6.45) is 1.80. The monoisotopic (exact) mass is 313 g/mol. The van der Waals surface area contributed by atoms with Crippen molar-refractivity contribution in [2.45, 2.75) is 30.1 Å². The highest BCUT2D eigenvalue weighted by atomic mass is 27.0. The Kier molecular flexibility index (Phi) is 4.37. The molecule has 1 aromatic rings. The van der Waals surface area contributed by atoms with Gasteiger partial charge in [-0.25, -0.2) is 9.69 Å². The highest BCUT2D eigenvalue weighted by molar-refractivity contribution is 6.15. The second-order valence-electron chi connectivity index (χ2n) is 6.37. The van der Waals surface area contributed by atoms with Gasteiger partial charge in [0.25, 0.3) is 0 Å². The van der Waals surface area contributed by atoms with Crippen LogP contribution in [0.25, 0.3) is 0 Å². The van der Waals surface area contributed by atoms with Gasteiger partial charge in [-0.1, -0.05) is 47.3 Å². The summed E-state index contributed by atoms with van der Waals surface area (Å²) in [6.45, 7) is 4.30. The molecular weight excluding hydrogens is 293 g/mol. The number of cyclic esters (lactones) is 1.